The Labute approximate surface area is 146 Å². The molecule has 2 aromatic rings. The number of carbonyl (C=O) groups excluding carboxylic acids is 1. The van der Waals surface area contributed by atoms with E-state index in [1.165, 1.54) is 29.7 Å². The van der Waals surface area contributed by atoms with Gasteiger partial charge in [0, 0.05) is 18.8 Å². The lowest BCUT2D eigenvalue weighted by molar-refractivity contribution is 0.262. The fraction of sp³-hybridized carbons (Fsp3) is 0.471. The smallest absolute Gasteiger partial charge is 0.325 e. The van der Waals surface area contributed by atoms with Crippen LogP contribution in [0.25, 0.3) is 0 Å². The molecular formula is C17H23N5OS. The third kappa shape index (κ3) is 4.03. The molecule has 0 bridgehead atoms. The minimum atomic E-state index is -0.298. The number of piperidine rings is 1. The molecule has 1 atom stereocenters. The molecule has 2 N–H and O–H groups in total. The van der Waals surface area contributed by atoms with Gasteiger partial charge < -0.3 is 10.2 Å². The molecule has 1 fully saturated rings. The Hall–Kier alpha value is -2.15. The third-order valence-corrected chi connectivity index (χ3v) is 5.23. The number of hydrogen-bond donors (Lipinski definition) is 2. The van der Waals surface area contributed by atoms with Gasteiger partial charge in [-0.25, -0.2) is 4.79 Å². The largest absolute Gasteiger partial charge is 0.346 e. The van der Waals surface area contributed by atoms with E-state index in [1.807, 2.05) is 32.0 Å². The molecule has 24 heavy (non-hydrogen) atoms. The summed E-state index contributed by atoms with van der Waals surface area (Å²) in [5, 5.41) is 15.3. The zero-order valence-electron chi connectivity index (χ0n) is 14.3. The molecule has 0 radical (unpaired) electrons. The summed E-state index contributed by atoms with van der Waals surface area (Å²) in [6.07, 6.45) is 2.44. The fourth-order valence-electron chi connectivity index (χ4n) is 2.84. The van der Waals surface area contributed by atoms with E-state index in [0.29, 0.717) is 11.0 Å². The van der Waals surface area contributed by atoms with Crippen molar-refractivity contribution in [2.75, 3.05) is 28.6 Å². The summed E-state index contributed by atoms with van der Waals surface area (Å²) in [7, 11) is 0. The van der Waals surface area contributed by atoms with Crippen molar-refractivity contribution in [1.82, 2.24) is 10.2 Å². The van der Waals surface area contributed by atoms with E-state index in [4.69, 9.17) is 0 Å². The summed E-state index contributed by atoms with van der Waals surface area (Å²) in [5.74, 6) is 0.673. The van der Waals surface area contributed by atoms with Gasteiger partial charge in [0.05, 0.1) is 0 Å². The fourth-order valence-corrected chi connectivity index (χ4v) is 3.61. The summed E-state index contributed by atoms with van der Waals surface area (Å²) in [6, 6.07) is 5.54. The van der Waals surface area contributed by atoms with Crippen molar-refractivity contribution in [3.8, 4) is 0 Å². The zero-order chi connectivity index (χ0) is 17.1. The first-order valence-electron chi connectivity index (χ1n) is 8.25. The van der Waals surface area contributed by atoms with E-state index < -0.39 is 0 Å². The molecule has 1 aliphatic rings. The second-order valence-electron chi connectivity index (χ2n) is 6.46. The van der Waals surface area contributed by atoms with Crippen LogP contribution in [0, 0.1) is 19.8 Å². The van der Waals surface area contributed by atoms with Gasteiger partial charge in [0.1, 0.15) is 0 Å². The number of urea groups is 1. The number of benzene rings is 1. The van der Waals surface area contributed by atoms with Crippen LogP contribution in [0.1, 0.15) is 30.9 Å². The normalized spacial score (nSPS) is 17.6. The first-order valence-corrected chi connectivity index (χ1v) is 9.06. The second-order valence-corrected chi connectivity index (χ2v) is 7.42. The van der Waals surface area contributed by atoms with Gasteiger partial charge in [-0.1, -0.05) is 24.3 Å². The maximum atomic E-state index is 12.1. The van der Waals surface area contributed by atoms with Crippen LogP contribution in [0.4, 0.5) is 20.7 Å². The second kappa shape index (κ2) is 7.17. The molecule has 128 valence electrons. The summed E-state index contributed by atoms with van der Waals surface area (Å²) in [6.45, 7) is 8.33. The number of aromatic nitrogens is 2. The van der Waals surface area contributed by atoms with Gasteiger partial charge in [0.15, 0.2) is 0 Å². The highest BCUT2D eigenvalue weighted by Gasteiger charge is 2.20. The minimum Gasteiger partial charge on any atom is -0.346 e. The number of nitrogens with one attached hydrogen (secondary N) is 2. The number of amides is 2. The standard InChI is InChI=1S/C17H23N5OS/c1-11-5-4-8-22(10-11)17-21-20-16(24-17)19-15(23)18-14-7-6-12(2)13(3)9-14/h6-7,9,11H,4-5,8,10H2,1-3H3,(H2,18,19,20,23)/t11-/m1/s1. The van der Waals surface area contributed by atoms with Crippen molar-refractivity contribution in [1.29, 1.82) is 0 Å². The molecular weight excluding hydrogens is 322 g/mol. The van der Waals surface area contributed by atoms with Crippen LogP contribution >= 0.6 is 11.3 Å². The Kier molecular flexibility index (Phi) is 4.99. The molecule has 1 aromatic heterocycles. The van der Waals surface area contributed by atoms with E-state index in [2.05, 4.69) is 32.7 Å². The number of aryl methyl sites for hydroxylation is 2. The van der Waals surface area contributed by atoms with E-state index in [1.54, 1.807) is 0 Å². The first kappa shape index (κ1) is 16.7. The van der Waals surface area contributed by atoms with Crippen molar-refractivity contribution >= 4 is 33.3 Å². The van der Waals surface area contributed by atoms with Crippen LogP contribution < -0.4 is 15.5 Å². The highest BCUT2D eigenvalue weighted by Crippen LogP contribution is 2.28. The van der Waals surface area contributed by atoms with Crippen molar-refractivity contribution in [2.45, 2.75) is 33.6 Å². The highest BCUT2D eigenvalue weighted by atomic mass is 32.1. The lowest BCUT2D eigenvalue weighted by Crippen LogP contribution is -2.34. The summed E-state index contributed by atoms with van der Waals surface area (Å²) in [4.78, 5) is 14.4. The Bertz CT molecular complexity index is 730. The van der Waals surface area contributed by atoms with Crippen molar-refractivity contribution < 1.29 is 4.79 Å². The number of nitrogens with zero attached hydrogens (tertiary/aromatic N) is 3. The Balaban J connectivity index is 1.59. The highest BCUT2D eigenvalue weighted by molar-refractivity contribution is 7.19. The number of anilines is 3. The summed E-state index contributed by atoms with van der Waals surface area (Å²) >= 11 is 1.42. The minimum absolute atomic E-state index is 0.298. The monoisotopic (exact) mass is 345 g/mol. The topological polar surface area (TPSA) is 70.1 Å². The Morgan fingerprint density at radius 1 is 1.25 bits per heavy atom. The predicted molar refractivity (Wildman–Crippen MR) is 99.1 cm³/mol. The summed E-state index contributed by atoms with van der Waals surface area (Å²) in [5.41, 5.74) is 3.11. The lowest BCUT2D eigenvalue weighted by atomic mass is 10.0. The number of hydrogen-bond acceptors (Lipinski definition) is 5. The third-order valence-electron chi connectivity index (χ3n) is 4.33. The molecule has 1 saturated heterocycles. The van der Waals surface area contributed by atoms with E-state index >= 15 is 0 Å². The molecule has 0 unspecified atom stereocenters. The van der Waals surface area contributed by atoms with Crippen LogP contribution in [-0.4, -0.2) is 29.3 Å². The molecule has 1 aromatic carbocycles. The van der Waals surface area contributed by atoms with E-state index in [9.17, 15) is 4.79 Å². The van der Waals surface area contributed by atoms with Crippen LogP contribution in [-0.2, 0) is 0 Å². The van der Waals surface area contributed by atoms with Gasteiger partial charge in [-0.15, -0.1) is 10.2 Å². The van der Waals surface area contributed by atoms with Crippen molar-refractivity contribution in [2.24, 2.45) is 5.92 Å². The maximum Gasteiger partial charge on any atom is 0.325 e. The summed E-state index contributed by atoms with van der Waals surface area (Å²) < 4.78 is 0. The quantitative estimate of drug-likeness (QED) is 0.881. The van der Waals surface area contributed by atoms with Gasteiger partial charge >= 0.3 is 6.03 Å². The zero-order valence-corrected chi connectivity index (χ0v) is 15.1. The molecule has 2 heterocycles. The van der Waals surface area contributed by atoms with E-state index in [-0.39, 0.29) is 6.03 Å². The molecule has 6 nitrogen and oxygen atoms in total. The molecule has 3 rings (SSSR count). The van der Waals surface area contributed by atoms with Gasteiger partial charge in [-0.2, -0.15) is 0 Å². The first-order chi connectivity index (χ1) is 11.5. The molecule has 0 aliphatic carbocycles. The Morgan fingerprint density at radius 3 is 2.83 bits per heavy atom. The van der Waals surface area contributed by atoms with Crippen LogP contribution in [0.3, 0.4) is 0 Å². The molecule has 7 heteroatoms. The van der Waals surface area contributed by atoms with Crippen LogP contribution in [0.15, 0.2) is 18.2 Å². The van der Waals surface area contributed by atoms with Crippen molar-refractivity contribution in [3.63, 3.8) is 0 Å². The number of carbonyl (C=O) groups is 1. The SMILES string of the molecule is Cc1ccc(NC(=O)Nc2nnc(N3CCC[C@@H](C)C3)s2)cc1C. The van der Waals surface area contributed by atoms with Crippen LogP contribution in [0.2, 0.25) is 0 Å². The van der Waals surface area contributed by atoms with Gasteiger partial charge in [0.2, 0.25) is 10.3 Å². The van der Waals surface area contributed by atoms with E-state index in [0.717, 1.165) is 29.5 Å². The van der Waals surface area contributed by atoms with Gasteiger partial charge in [-0.3, -0.25) is 5.32 Å². The number of rotatable bonds is 3. The lowest BCUT2D eigenvalue weighted by Gasteiger charge is -2.29. The van der Waals surface area contributed by atoms with Crippen LogP contribution in [0.5, 0.6) is 0 Å². The Morgan fingerprint density at radius 2 is 2.08 bits per heavy atom. The molecule has 2 amide bonds. The predicted octanol–water partition coefficient (Wildman–Crippen LogP) is 4.04. The maximum absolute atomic E-state index is 12.1. The molecule has 0 spiro atoms. The molecule has 1 aliphatic heterocycles. The molecule has 0 saturated carbocycles. The van der Waals surface area contributed by atoms with Crippen molar-refractivity contribution in [3.05, 3.63) is 29.3 Å². The van der Waals surface area contributed by atoms with Gasteiger partial charge in [0.25, 0.3) is 0 Å². The van der Waals surface area contributed by atoms with Gasteiger partial charge in [-0.05, 0) is 55.9 Å². The average molecular weight is 345 g/mol. The average Bonchev–Trinajstić information content (AvgIpc) is 2.99.